The van der Waals surface area contributed by atoms with Crippen LogP contribution in [0.1, 0.15) is 32.1 Å². The lowest BCUT2D eigenvalue weighted by Gasteiger charge is -2.04. The van der Waals surface area contributed by atoms with Gasteiger partial charge >= 0.3 is 5.97 Å². The number of hydrogen-bond donors (Lipinski definition) is 1. The van der Waals surface area contributed by atoms with Crippen molar-refractivity contribution in [1.82, 2.24) is 4.98 Å². The minimum Gasteiger partial charge on any atom is -0.478 e. The summed E-state index contributed by atoms with van der Waals surface area (Å²) in [7, 11) is 0. The number of aromatic nitrogens is 1. The van der Waals surface area contributed by atoms with Gasteiger partial charge in [-0.05, 0) is 19.1 Å². The van der Waals surface area contributed by atoms with E-state index in [4.69, 9.17) is 5.11 Å². The molecule has 0 aliphatic heterocycles. The number of carboxylic acids is 1. The third kappa shape index (κ3) is 2.27. The van der Waals surface area contributed by atoms with Crippen molar-refractivity contribution in [2.75, 3.05) is 0 Å². The number of carbonyl (C=O) groups excluding carboxylic acids is 1. The fourth-order valence-corrected chi connectivity index (χ4v) is 1.65. The van der Waals surface area contributed by atoms with Crippen LogP contribution >= 0.6 is 0 Å². The molecule has 90 valence electrons. The zero-order valence-corrected chi connectivity index (χ0v) is 9.75. The predicted octanol–water partition coefficient (Wildman–Crippen LogP) is 2.32. The number of benzene rings is 1. The van der Waals surface area contributed by atoms with Gasteiger partial charge in [-0.3, -0.25) is 4.79 Å². The van der Waals surface area contributed by atoms with Crippen LogP contribution in [-0.4, -0.2) is 21.8 Å². The number of rotatable bonds is 3. The highest BCUT2D eigenvalue weighted by Gasteiger charge is 2.14. The van der Waals surface area contributed by atoms with Crippen LogP contribution in [0.15, 0.2) is 42.5 Å². The first-order chi connectivity index (χ1) is 8.59. The first kappa shape index (κ1) is 12.0. The number of hydrogen-bond acceptors (Lipinski definition) is 3. The second kappa shape index (κ2) is 4.79. The molecule has 2 rings (SSSR count). The summed E-state index contributed by atoms with van der Waals surface area (Å²) in [4.78, 5) is 27.0. The molecular weight excluding hydrogens is 230 g/mol. The van der Waals surface area contributed by atoms with Gasteiger partial charge in [0.25, 0.3) is 0 Å². The van der Waals surface area contributed by atoms with Crippen molar-refractivity contribution in [3.05, 3.63) is 65.0 Å². The van der Waals surface area contributed by atoms with Gasteiger partial charge in [0, 0.05) is 5.56 Å². The van der Waals surface area contributed by atoms with Gasteiger partial charge in [-0.15, -0.1) is 0 Å². The number of aromatic carboxylic acids is 1. The maximum absolute atomic E-state index is 12.1. The molecular formula is C14H11NO3. The molecule has 0 bridgehead atoms. The number of nitrogens with zero attached hydrogens (tertiary/aromatic N) is 1. The fraction of sp³-hybridized carbons (Fsp3) is 0.0714. The van der Waals surface area contributed by atoms with E-state index in [0.29, 0.717) is 11.3 Å². The molecule has 4 nitrogen and oxygen atoms in total. The van der Waals surface area contributed by atoms with E-state index in [0.717, 1.165) is 0 Å². The Morgan fingerprint density at radius 3 is 2.28 bits per heavy atom. The van der Waals surface area contributed by atoms with Crippen molar-refractivity contribution in [2.24, 2.45) is 0 Å². The SMILES string of the molecule is Cc1nc(C(=O)c2ccccc2)ccc1C(=O)O. The normalized spacial score (nSPS) is 10.1. The van der Waals surface area contributed by atoms with Gasteiger partial charge in [0.15, 0.2) is 0 Å². The lowest BCUT2D eigenvalue weighted by Crippen LogP contribution is -2.08. The van der Waals surface area contributed by atoms with Gasteiger partial charge in [0.05, 0.1) is 11.3 Å². The second-order valence-electron chi connectivity index (χ2n) is 3.83. The lowest BCUT2D eigenvalue weighted by molar-refractivity contribution is 0.0695. The smallest absolute Gasteiger partial charge is 0.337 e. The molecule has 4 heteroatoms. The number of aryl methyl sites for hydroxylation is 1. The average Bonchev–Trinajstić information content (AvgIpc) is 2.38. The summed E-state index contributed by atoms with van der Waals surface area (Å²) in [5, 5.41) is 8.89. The van der Waals surface area contributed by atoms with E-state index in [-0.39, 0.29) is 17.0 Å². The van der Waals surface area contributed by atoms with Crippen molar-refractivity contribution in [2.45, 2.75) is 6.92 Å². The van der Waals surface area contributed by atoms with Crippen molar-refractivity contribution in [3.63, 3.8) is 0 Å². The number of pyridine rings is 1. The van der Waals surface area contributed by atoms with Crippen LogP contribution in [-0.2, 0) is 0 Å². The summed E-state index contributed by atoms with van der Waals surface area (Å²) < 4.78 is 0. The zero-order chi connectivity index (χ0) is 13.1. The molecule has 1 heterocycles. The molecule has 0 radical (unpaired) electrons. The van der Waals surface area contributed by atoms with Crippen LogP contribution in [0.2, 0.25) is 0 Å². The van der Waals surface area contributed by atoms with E-state index in [2.05, 4.69) is 4.98 Å². The van der Waals surface area contributed by atoms with E-state index in [1.165, 1.54) is 12.1 Å². The summed E-state index contributed by atoms with van der Waals surface area (Å²) in [6.07, 6.45) is 0. The molecule has 0 fully saturated rings. The summed E-state index contributed by atoms with van der Waals surface area (Å²) >= 11 is 0. The summed E-state index contributed by atoms with van der Waals surface area (Å²) in [5.41, 5.74) is 1.24. The zero-order valence-electron chi connectivity index (χ0n) is 9.75. The van der Waals surface area contributed by atoms with Crippen molar-refractivity contribution in [3.8, 4) is 0 Å². The predicted molar refractivity (Wildman–Crippen MR) is 65.8 cm³/mol. The Bertz CT molecular complexity index is 606. The van der Waals surface area contributed by atoms with E-state index in [9.17, 15) is 9.59 Å². The van der Waals surface area contributed by atoms with Crippen LogP contribution in [0, 0.1) is 6.92 Å². The van der Waals surface area contributed by atoms with Crippen LogP contribution in [0.4, 0.5) is 0 Å². The van der Waals surface area contributed by atoms with E-state index < -0.39 is 5.97 Å². The summed E-state index contributed by atoms with van der Waals surface area (Å²) in [5.74, 6) is -1.26. The molecule has 0 saturated heterocycles. The standard InChI is InChI=1S/C14H11NO3/c1-9-11(14(17)18)7-8-12(15-9)13(16)10-5-3-2-4-6-10/h2-8H,1H3,(H,17,18). The fourth-order valence-electron chi connectivity index (χ4n) is 1.65. The first-order valence-corrected chi connectivity index (χ1v) is 5.40. The largest absolute Gasteiger partial charge is 0.478 e. The first-order valence-electron chi connectivity index (χ1n) is 5.40. The van der Waals surface area contributed by atoms with Gasteiger partial charge in [-0.1, -0.05) is 30.3 Å². The lowest BCUT2D eigenvalue weighted by atomic mass is 10.1. The van der Waals surface area contributed by atoms with Crippen LogP contribution in [0.5, 0.6) is 0 Å². The third-order valence-electron chi connectivity index (χ3n) is 2.58. The third-order valence-corrected chi connectivity index (χ3v) is 2.58. The molecule has 1 aromatic heterocycles. The number of carboxylic acid groups (broad SMARTS) is 1. The molecule has 0 atom stereocenters. The average molecular weight is 241 g/mol. The summed E-state index contributed by atoms with van der Waals surface area (Å²) in [6.45, 7) is 1.57. The van der Waals surface area contributed by atoms with Crippen LogP contribution < -0.4 is 0 Å². The van der Waals surface area contributed by atoms with Gasteiger partial charge in [0.1, 0.15) is 5.69 Å². The molecule has 0 unspecified atom stereocenters. The van der Waals surface area contributed by atoms with Gasteiger partial charge in [0.2, 0.25) is 5.78 Å². The molecule has 1 aromatic carbocycles. The summed E-state index contributed by atoms with van der Waals surface area (Å²) in [6, 6.07) is 11.6. The Labute approximate surface area is 104 Å². The van der Waals surface area contributed by atoms with Crippen LogP contribution in [0.3, 0.4) is 0 Å². The molecule has 0 aliphatic rings. The van der Waals surface area contributed by atoms with Gasteiger partial charge in [-0.2, -0.15) is 0 Å². The molecule has 0 amide bonds. The molecule has 2 aromatic rings. The topological polar surface area (TPSA) is 67.3 Å². The van der Waals surface area contributed by atoms with Crippen molar-refractivity contribution in [1.29, 1.82) is 0 Å². The Balaban J connectivity index is 2.39. The molecule has 18 heavy (non-hydrogen) atoms. The highest BCUT2D eigenvalue weighted by molar-refractivity contribution is 6.08. The molecule has 0 saturated carbocycles. The van der Waals surface area contributed by atoms with E-state index in [1.54, 1.807) is 31.2 Å². The highest BCUT2D eigenvalue weighted by atomic mass is 16.4. The van der Waals surface area contributed by atoms with Gasteiger partial charge < -0.3 is 5.11 Å². The highest BCUT2D eigenvalue weighted by Crippen LogP contribution is 2.11. The molecule has 0 aliphatic carbocycles. The Kier molecular flexibility index (Phi) is 3.19. The Morgan fingerprint density at radius 1 is 1.06 bits per heavy atom. The van der Waals surface area contributed by atoms with Crippen LogP contribution in [0.25, 0.3) is 0 Å². The maximum Gasteiger partial charge on any atom is 0.337 e. The molecule has 0 spiro atoms. The number of ketones is 1. The Morgan fingerprint density at radius 2 is 1.72 bits per heavy atom. The van der Waals surface area contributed by atoms with Gasteiger partial charge in [-0.25, -0.2) is 9.78 Å². The maximum atomic E-state index is 12.1. The Hall–Kier alpha value is -2.49. The van der Waals surface area contributed by atoms with Crippen molar-refractivity contribution < 1.29 is 14.7 Å². The minimum atomic E-state index is -1.04. The number of carbonyl (C=O) groups is 2. The van der Waals surface area contributed by atoms with Crippen molar-refractivity contribution >= 4 is 11.8 Å². The van der Waals surface area contributed by atoms with E-state index >= 15 is 0 Å². The second-order valence-corrected chi connectivity index (χ2v) is 3.83. The minimum absolute atomic E-state index is 0.111. The quantitative estimate of drug-likeness (QED) is 0.837. The molecule has 1 N–H and O–H groups in total. The van der Waals surface area contributed by atoms with E-state index in [1.807, 2.05) is 6.07 Å². The monoisotopic (exact) mass is 241 g/mol.